The number of halogens is 2. The van der Waals surface area contributed by atoms with Crippen molar-refractivity contribution in [2.75, 3.05) is 0 Å². The fraction of sp³-hybridized carbons (Fsp3) is 0.0833. The molecule has 0 radical (unpaired) electrons. The van der Waals surface area contributed by atoms with Gasteiger partial charge in [-0.25, -0.2) is 0 Å². The molecule has 0 saturated carbocycles. The van der Waals surface area contributed by atoms with Gasteiger partial charge < -0.3 is 5.73 Å². The molecule has 96 valence electrons. The van der Waals surface area contributed by atoms with E-state index in [4.69, 9.17) is 5.73 Å². The highest BCUT2D eigenvalue weighted by molar-refractivity contribution is 5.98. The first-order valence-electron chi connectivity index (χ1n) is 4.87. The molecule has 1 amide bonds. The quantitative estimate of drug-likeness (QED) is 0.921. The first kappa shape index (κ1) is 16.4. The third-order valence-corrected chi connectivity index (χ3v) is 2.31. The molecule has 2 aromatic rings. The zero-order valence-corrected chi connectivity index (χ0v) is 11.3. The molecule has 0 atom stereocenters. The van der Waals surface area contributed by atoms with Crippen molar-refractivity contribution in [1.29, 1.82) is 0 Å². The second-order valence-electron chi connectivity index (χ2n) is 3.43. The summed E-state index contributed by atoms with van der Waals surface area (Å²) in [7, 11) is 0. The molecule has 2 N–H and O–H groups in total. The highest BCUT2D eigenvalue weighted by Crippen LogP contribution is 2.23. The van der Waals surface area contributed by atoms with Crippen molar-refractivity contribution in [3.63, 3.8) is 0 Å². The fourth-order valence-electron chi connectivity index (χ4n) is 1.58. The smallest absolute Gasteiger partial charge is 0.268 e. The summed E-state index contributed by atoms with van der Waals surface area (Å²) in [5, 5.41) is 0. The predicted octanol–water partition coefficient (Wildman–Crippen LogP) is 2.39. The zero-order valence-electron chi connectivity index (χ0n) is 9.66. The van der Waals surface area contributed by atoms with Crippen molar-refractivity contribution in [3.05, 3.63) is 47.9 Å². The largest absolute Gasteiger partial charge is 0.364 e. The number of primary amides is 1. The summed E-state index contributed by atoms with van der Waals surface area (Å²) in [4.78, 5) is 19.5. The normalized spacial score (nSPS) is 8.94. The molecule has 0 bridgehead atoms. The first-order valence-corrected chi connectivity index (χ1v) is 4.87. The maximum Gasteiger partial charge on any atom is 0.268 e. The van der Waals surface area contributed by atoms with Crippen LogP contribution in [0.3, 0.4) is 0 Å². The Morgan fingerprint density at radius 3 is 2.39 bits per heavy atom. The number of rotatable bonds is 2. The lowest BCUT2D eigenvalue weighted by Gasteiger charge is -2.08. The molecule has 0 fully saturated rings. The Hall–Kier alpha value is -1.65. The minimum atomic E-state index is -0.538. The number of aromatic nitrogens is 2. The van der Waals surface area contributed by atoms with Crippen LogP contribution in [0.25, 0.3) is 11.3 Å². The number of pyridine rings is 2. The van der Waals surface area contributed by atoms with Crippen LogP contribution in [0.15, 0.2) is 36.7 Å². The number of carbonyl (C=O) groups is 1. The van der Waals surface area contributed by atoms with E-state index in [2.05, 4.69) is 9.97 Å². The molecule has 0 spiro atoms. The molecule has 0 unspecified atom stereocenters. The fourth-order valence-corrected chi connectivity index (χ4v) is 1.58. The summed E-state index contributed by atoms with van der Waals surface area (Å²) in [6.07, 6.45) is 3.24. The molecule has 0 aliphatic rings. The van der Waals surface area contributed by atoms with Crippen molar-refractivity contribution in [2.45, 2.75) is 6.92 Å². The summed E-state index contributed by atoms with van der Waals surface area (Å²) in [5.41, 5.74) is 7.90. The van der Waals surface area contributed by atoms with Gasteiger partial charge in [-0.3, -0.25) is 14.8 Å². The second-order valence-corrected chi connectivity index (χ2v) is 3.43. The summed E-state index contributed by atoms with van der Waals surface area (Å²) >= 11 is 0. The van der Waals surface area contributed by atoms with E-state index in [1.165, 1.54) is 0 Å². The van der Waals surface area contributed by atoms with Crippen molar-refractivity contribution < 1.29 is 4.79 Å². The SMILES string of the molecule is Cc1ccnc(C(N)=O)c1-c1ccccn1.Cl.Cl. The Kier molecular flexibility index (Phi) is 6.30. The monoisotopic (exact) mass is 285 g/mol. The highest BCUT2D eigenvalue weighted by Gasteiger charge is 2.14. The molecule has 0 aliphatic heterocycles. The number of carbonyl (C=O) groups excluding carboxylic acids is 1. The van der Waals surface area contributed by atoms with Gasteiger partial charge in [-0.05, 0) is 30.7 Å². The zero-order chi connectivity index (χ0) is 11.5. The van der Waals surface area contributed by atoms with E-state index in [0.29, 0.717) is 11.3 Å². The molecule has 2 aromatic heterocycles. The van der Waals surface area contributed by atoms with Crippen LogP contribution in [-0.2, 0) is 0 Å². The van der Waals surface area contributed by atoms with Crippen LogP contribution in [0, 0.1) is 6.92 Å². The third-order valence-electron chi connectivity index (χ3n) is 2.31. The maximum absolute atomic E-state index is 11.3. The highest BCUT2D eigenvalue weighted by atomic mass is 35.5. The van der Waals surface area contributed by atoms with Gasteiger partial charge in [0.05, 0.1) is 5.69 Å². The Balaban J connectivity index is 0.00000144. The van der Waals surface area contributed by atoms with Crippen LogP contribution in [-0.4, -0.2) is 15.9 Å². The number of aryl methyl sites for hydroxylation is 1. The van der Waals surface area contributed by atoms with E-state index in [0.717, 1.165) is 5.56 Å². The van der Waals surface area contributed by atoms with Crippen molar-refractivity contribution in [3.8, 4) is 11.3 Å². The number of nitrogens with two attached hydrogens (primary N) is 1. The lowest BCUT2D eigenvalue weighted by Crippen LogP contribution is -2.15. The maximum atomic E-state index is 11.3. The van der Waals surface area contributed by atoms with Gasteiger partial charge in [0.1, 0.15) is 5.69 Å². The van der Waals surface area contributed by atoms with Crippen molar-refractivity contribution in [1.82, 2.24) is 9.97 Å². The Labute approximate surface area is 117 Å². The van der Waals surface area contributed by atoms with Crippen molar-refractivity contribution >= 4 is 30.7 Å². The first-order chi connectivity index (χ1) is 7.70. The molecule has 0 aromatic carbocycles. The number of hydrogen-bond acceptors (Lipinski definition) is 3. The van der Waals surface area contributed by atoms with Crippen LogP contribution >= 0.6 is 24.8 Å². The summed E-state index contributed by atoms with van der Waals surface area (Å²) < 4.78 is 0. The Morgan fingerprint density at radius 1 is 1.11 bits per heavy atom. The minimum Gasteiger partial charge on any atom is -0.364 e. The van der Waals surface area contributed by atoms with Gasteiger partial charge in [0, 0.05) is 18.0 Å². The van der Waals surface area contributed by atoms with E-state index in [1.807, 2.05) is 31.2 Å². The number of amides is 1. The molecule has 18 heavy (non-hydrogen) atoms. The summed E-state index contributed by atoms with van der Waals surface area (Å²) in [6.45, 7) is 1.90. The topological polar surface area (TPSA) is 68.9 Å². The standard InChI is InChI=1S/C12H11N3O.2ClH/c1-8-5-7-15-11(12(13)16)10(8)9-4-2-3-6-14-9;;/h2-7H,1H3,(H2,13,16);2*1H. The molecule has 2 rings (SSSR count). The minimum absolute atomic E-state index is 0. The van der Waals surface area contributed by atoms with Gasteiger partial charge in [-0.2, -0.15) is 0 Å². The third kappa shape index (κ3) is 3.18. The second kappa shape index (κ2) is 6.93. The molecular weight excluding hydrogens is 273 g/mol. The average Bonchev–Trinajstić information content (AvgIpc) is 2.29. The Bertz CT molecular complexity index is 532. The molecule has 6 heteroatoms. The number of nitrogens with zero attached hydrogens (tertiary/aromatic N) is 2. The van der Waals surface area contributed by atoms with E-state index >= 15 is 0 Å². The van der Waals surface area contributed by atoms with Gasteiger partial charge in [-0.1, -0.05) is 6.07 Å². The van der Waals surface area contributed by atoms with Crippen LogP contribution in [0.1, 0.15) is 16.1 Å². The molecule has 2 heterocycles. The summed E-state index contributed by atoms with van der Waals surface area (Å²) in [6, 6.07) is 7.34. The van der Waals surface area contributed by atoms with Gasteiger partial charge in [0.25, 0.3) is 5.91 Å². The lowest BCUT2D eigenvalue weighted by atomic mass is 10.0. The van der Waals surface area contributed by atoms with Crippen LogP contribution < -0.4 is 5.73 Å². The molecule has 0 aliphatic carbocycles. The summed E-state index contributed by atoms with van der Waals surface area (Å²) in [5.74, 6) is -0.538. The van der Waals surface area contributed by atoms with Crippen LogP contribution in [0.5, 0.6) is 0 Å². The van der Waals surface area contributed by atoms with Crippen molar-refractivity contribution in [2.24, 2.45) is 5.73 Å². The van der Waals surface area contributed by atoms with Gasteiger partial charge in [0.2, 0.25) is 0 Å². The van der Waals surface area contributed by atoms with Gasteiger partial charge in [-0.15, -0.1) is 24.8 Å². The van der Waals surface area contributed by atoms with Crippen LogP contribution in [0.2, 0.25) is 0 Å². The Morgan fingerprint density at radius 2 is 1.83 bits per heavy atom. The predicted molar refractivity (Wildman–Crippen MR) is 75.2 cm³/mol. The average molecular weight is 286 g/mol. The van der Waals surface area contributed by atoms with E-state index in [9.17, 15) is 4.79 Å². The van der Waals surface area contributed by atoms with E-state index < -0.39 is 5.91 Å². The van der Waals surface area contributed by atoms with E-state index in [-0.39, 0.29) is 30.5 Å². The van der Waals surface area contributed by atoms with Crippen LogP contribution in [0.4, 0.5) is 0 Å². The van der Waals surface area contributed by atoms with Gasteiger partial charge in [0.15, 0.2) is 0 Å². The van der Waals surface area contributed by atoms with Gasteiger partial charge >= 0.3 is 0 Å². The number of hydrogen-bond donors (Lipinski definition) is 1. The van der Waals surface area contributed by atoms with E-state index in [1.54, 1.807) is 12.4 Å². The lowest BCUT2D eigenvalue weighted by molar-refractivity contribution is 0.0996. The molecular formula is C12H13Cl2N3O. The molecule has 0 saturated heterocycles. The molecule has 4 nitrogen and oxygen atoms in total.